The van der Waals surface area contributed by atoms with E-state index in [2.05, 4.69) is 14.6 Å². The van der Waals surface area contributed by atoms with Crippen LogP contribution in [0.4, 0.5) is 22.4 Å². The standard InChI is InChI=1S/C14H16F4N2O4/c1-14(2,3)24-13(21)20-19-7-8-4-5-9(22-11(15)16)6-10(8)23-12(17)18/h4-7,11-12H,1-3H3,(H,20,21)/b19-7+. The molecule has 0 aromatic heterocycles. The highest BCUT2D eigenvalue weighted by Gasteiger charge is 2.16. The zero-order chi connectivity index (χ0) is 18.3. The maximum Gasteiger partial charge on any atom is 0.428 e. The summed E-state index contributed by atoms with van der Waals surface area (Å²) in [5.41, 5.74) is 1.30. The third-order valence-electron chi connectivity index (χ3n) is 2.18. The molecule has 0 aliphatic rings. The summed E-state index contributed by atoms with van der Waals surface area (Å²) >= 11 is 0. The second-order valence-electron chi connectivity index (χ2n) is 5.33. The zero-order valence-electron chi connectivity index (χ0n) is 13.1. The third kappa shape index (κ3) is 7.65. The summed E-state index contributed by atoms with van der Waals surface area (Å²) in [5, 5.41) is 3.52. The molecule has 1 aromatic rings. The number of benzene rings is 1. The molecule has 0 aliphatic carbocycles. The van der Waals surface area contributed by atoms with Gasteiger partial charge in [0.25, 0.3) is 0 Å². The van der Waals surface area contributed by atoms with Crippen molar-refractivity contribution in [2.75, 3.05) is 0 Å². The molecule has 0 aliphatic heterocycles. The number of hydrazone groups is 1. The Bertz CT molecular complexity index is 589. The lowest BCUT2D eigenvalue weighted by Crippen LogP contribution is -2.29. The second-order valence-corrected chi connectivity index (χ2v) is 5.33. The molecule has 10 heteroatoms. The van der Waals surface area contributed by atoms with E-state index in [-0.39, 0.29) is 11.3 Å². The highest BCUT2D eigenvalue weighted by atomic mass is 19.3. The lowest BCUT2D eigenvalue weighted by molar-refractivity contribution is -0.0543. The van der Waals surface area contributed by atoms with Gasteiger partial charge in [0.15, 0.2) is 0 Å². The van der Waals surface area contributed by atoms with Crippen molar-refractivity contribution in [2.45, 2.75) is 39.6 Å². The van der Waals surface area contributed by atoms with Crippen LogP contribution in [0.15, 0.2) is 23.3 Å². The van der Waals surface area contributed by atoms with E-state index >= 15 is 0 Å². The molecular formula is C14H16F4N2O4. The number of nitrogens with zero attached hydrogens (tertiary/aromatic N) is 1. The topological polar surface area (TPSA) is 69.2 Å². The quantitative estimate of drug-likeness (QED) is 0.481. The Morgan fingerprint density at radius 3 is 2.33 bits per heavy atom. The van der Waals surface area contributed by atoms with Crippen molar-refractivity contribution in [1.82, 2.24) is 5.43 Å². The largest absolute Gasteiger partial charge is 0.443 e. The van der Waals surface area contributed by atoms with Crippen molar-refractivity contribution in [3.63, 3.8) is 0 Å². The average molecular weight is 352 g/mol. The molecule has 134 valence electrons. The Hall–Kier alpha value is -2.52. The lowest BCUT2D eigenvalue weighted by atomic mass is 10.2. The molecule has 0 spiro atoms. The van der Waals surface area contributed by atoms with Crippen LogP contribution in [0.1, 0.15) is 26.3 Å². The van der Waals surface area contributed by atoms with Gasteiger partial charge in [-0.25, -0.2) is 10.2 Å². The highest BCUT2D eigenvalue weighted by Crippen LogP contribution is 2.26. The van der Waals surface area contributed by atoms with Crippen LogP contribution in [0.3, 0.4) is 0 Å². The van der Waals surface area contributed by atoms with Gasteiger partial charge in [-0.05, 0) is 32.9 Å². The molecule has 0 bridgehead atoms. The minimum atomic E-state index is -3.18. The monoisotopic (exact) mass is 352 g/mol. The number of ether oxygens (including phenoxy) is 3. The highest BCUT2D eigenvalue weighted by molar-refractivity contribution is 5.84. The molecule has 1 rings (SSSR count). The van der Waals surface area contributed by atoms with Gasteiger partial charge < -0.3 is 14.2 Å². The Labute approximate surface area is 135 Å². The first-order chi connectivity index (χ1) is 11.1. The first-order valence-electron chi connectivity index (χ1n) is 6.62. The molecule has 0 atom stereocenters. The van der Waals surface area contributed by atoms with Crippen molar-refractivity contribution in [3.8, 4) is 11.5 Å². The second kappa shape index (κ2) is 8.37. The van der Waals surface area contributed by atoms with Crippen molar-refractivity contribution >= 4 is 12.3 Å². The van der Waals surface area contributed by atoms with Gasteiger partial charge in [-0.2, -0.15) is 22.7 Å². The summed E-state index contributed by atoms with van der Waals surface area (Å²) in [5.74, 6) is -0.809. The lowest BCUT2D eigenvalue weighted by Gasteiger charge is -2.18. The minimum Gasteiger partial charge on any atom is -0.443 e. The maximum absolute atomic E-state index is 12.4. The number of alkyl halides is 4. The Morgan fingerprint density at radius 1 is 1.17 bits per heavy atom. The van der Waals surface area contributed by atoms with E-state index in [1.54, 1.807) is 20.8 Å². The summed E-state index contributed by atoms with van der Waals surface area (Å²) in [4.78, 5) is 11.4. The third-order valence-corrected chi connectivity index (χ3v) is 2.18. The van der Waals surface area contributed by atoms with Gasteiger partial charge in [-0.1, -0.05) is 0 Å². The van der Waals surface area contributed by atoms with Gasteiger partial charge in [-0.15, -0.1) is 0 Å². The first kappa shape index (κ1) is 19.5. The molecule has 1 amide bonds. The van der Waals surface area contributed by atoms with Gasteiger partial charge >= 0.3 is 19.3 Å². The van der Waals surface area contributed by atoms with Gasteiger partial charge in [-0.3, -0.25) is 0 Å². The molecular weight excluding hydrogens is 336 g/mol. The van der Waals surface area contributed by atoms with E-state index in [1.807, 2.05) is 5.43 Å². The van der Waals surface area contributed by atoms with Crippen LogP contribution in [0.2, 0.25) is 0 Å². The smallest absolute Gasteiger partial charge is 0.428 e. The van der Waals surface area contributed by atoms with E-state index in [4.69, 9.17) is 4.74 Å². The first-order valence-corrected chi connectivity index (χ1v) is 6.62. The molecule has 0 saturated carbocycles. The van der Waals surface area contributed by atoms with E-state index in [1.165, 1.54) is 0 Å². The summed E-state index contributed by atoms with van der Waals surface area (Å²) < 4.78 is 62.3. The molecule has 1 aromatic carbocycles. The van der Waals surface area contributed by atoms with E-state index in [0.717, 1.165) is 24.4 Å². The van der Waals surface area contributed by atoms with E-state index in [9.17, 15) is 22.4 Å². The maximum atomic E-state index is 12.4. The SMILES string of the molecule is CC(C)(C)OC(=O)N/N=C/c1ccc(OC(F)F)cc1OC(F)F. The number of halogens is 4. The van der Waals surface area contributed by atoms with Crippen molar-refractivity contribution < 1.29 is 36.6 Å². The van der Waals surface area contributed by atoms with Crippen molar-refractivity contribution in [2.24, 2.45) is 5.10 Å². The van der Waals surface area contributed by atoms with Crippen molar-refractivity contribution in [3.05, 3.63) is 23.8 Å². The van der Waals surface area contributed by atoms with Crippen LogP contribution in [0.5, 0.6) is 11.5 Å². The molecule has 0 saturated heterocycles. The molecule has 0 heterocycles. The van der Waals surface area contributed by atoms with Crippen LogP contribution >= 0.6 is 0 Å². The predicted molar refractivity (Wildman–Crippen MR) is 76.7 cm³/mol. The van der Waals surface area contributed by atoms with Gasteiger partial charge in [0, 0.05) is 11.6 Å². The van der Waals surface area contributed by atoms with Crippen LogP contribution in [-0.2, 0) is 4.74 Å². The molecule has 6 nitrogen and oxygen atoms in total. The van der Waals surface area contributed by atoms with Crippen LogP contribution in [0.25, 0.3) is 0 Å². The predicted octanol–water partition coefficient (Wildman–Crippen LogP) is 3.75. The number of carbonyl (C=O) groups excluding carboxylic acids is 1. The average Bonchev–Trinajstić information content (AvgIpc) is 2.37. The zero-order valence-corrected chi connectivity index (χ0v) is 13.1. The Balaban J connectivity index is 2.85. The van der Waals surface area contributed by atoms with Gasteiger partial charge in [0.1, 0.15) is 17.1 Å². The summed E-state index contributed by atoms with van der Waals surface area (Å²) in [6.45, 7) is -1.36. The summed E-state index contributed by atoms with van der Waals surface area (Å²) in [7, 11) is 0. The van der Waals surface area contributed by atoms with Crippen molar-refractivity contribution in [1.29, 1.82) is 0 Å². The fraction of sp³-hybridized carbons (Fsp3) is 0.429. The number of hydrogen-bond donors (Lipinski definition) is 1. The Kier molecular flexibility index (Phi) is 6.81. The number of carbonyl (C=O) groups is 1. The van der Waals surface area contributed by atoms with Gasteiger partial charge in [0.2, 0.25) is 0 Å². The van der Waals surface area contributed by atoms with E-state index < -0.39 is 30.7 Å². The van der Waals surface area contributed by atoms with Gasteiger partial charge in [0.05, 0.1) is 6.21 Å². The van der Waals surface area contributed by atoms with E-state index in [0.29, 0.717) is 0 Å². The molecule has 24 heavy (non-hydrogen) atoms. The minimum absolute atomic E-state index is 0.00738. The summed E-state index contributed by atoms with van der Waals surface area (Å²) in [6, 6.07) is 3.13. The number of nitrogens with one attached hydrogen (secondary N) is 1. The van der Waals surface area contributed by atoms with Crippen LogP contribution < -0.4 is 14.9 Å². The van der Waals surface area contributed by atoms with Crippen LogP contribution in [-0.4, -0.2) is 31.1 Å². The summed E-state index contributed by atoms with van der Waals surface area (Å²) in [6.07, 6.45) is 0.140. The molecule has 1 N–H and O–H groups in total. The molecule has 0 fully saturated rings. The van der Waals surface area contributed by atoms with Crippen LogP contribution in [0, 0.1) is 0 Å². The Morgan fingerprint density at radius 2 is 1.79 bits per heavy atom. The fourth-order valence-corrected chi connectivity index (χ4v) is 1.45. The molecule has 0 radical (unpaired) electrons. The number of amides is 1. The fourth-order valence-electron chi connectivity index (χ4n) is 1.45. The number of hydrogen-bond acceptors (Lipinski definition) is 5. The normalized spacial score (nSPS) is 11.9. The molecule has 0 unspecified atom stereocenters. The number of rotatable bonds is 6.